The number of nitrogens with one attached hydrogen (secondary N) is 1. The molecule has 4 heteroatoms. The van der Waals surface area contributed by atoms with Crippen LogP contribution in [0, 0.1) is 11.8 Å². The number of aliphatic hydroxyl groups excluding tert-OH is 1. The van der Waals surface area contributed by atoms with Gasteiger partial charge in [0.15, 0.2) is 0 Å². The summed E-state index contributed by atoms with van der Waals surface area (Å²) in [6.45, 7) is 6.81. The predicted molar refractivity (Wildman–Crippen MR) is 59.5 cm³/mol. The first-order valence-corrected chi connectivity index (χ1v) is 5.43. The molecule has 90 valence electrons. The van der Waals surface area contributed by atoms with Crippen molar-refractivity contribution in [2.24, 2.45) is 11.8 Å². The highest BCUT2D eigenvalue weighted by Crippen LogP contribution is 2.06. The Labute approximate surface area is 92.0 Å². The number of carbonyl (C=O) groups excluding carboxylic acids is 1. The summed E-state index contributed by atoms with van der Waals surface area (Å²) in [6.07, 6.45) is 0.755. The standard InChI is InChI=1S/C11H23NO3/c1-8(2)5-10(11(14)15-4)12-6-9(3)7-13/h8-10,12-13H,5-7H2,1-4H3. The molecule has 0 bridgehead atoms. The number of carbonyl (C=O) groups is 1. The maximum Gasteiger partial charge on any atom is 0.322 e. The van der Waals surface area contributed by atoms with Gasteiger partial charge in [0.2, 0.25) is 0 Å². The molecule has 2 unspecified atom stereocenters. The summed E-state index contributed by atoms with van der Waals surface area (Å²) < 4.78 is 4.72. The summed E-state index contributed by atoms with van der Waals surface area (Å²) in [7, 11) is 1.40. The van der Waals surface area contributed by atoms with Crippen LogP contribution < -0.4 is 5.32 Å². The van der Waals surface area contributed by atoms with Gasteiger partial charge in [-0.15, -0.1) is 0 Å². The maximum atomic E-state index is 11.4. The Morgan fingerprint density at radius 2 is 2.00 bits per heavy atom. The molecule has 0 aromatic carbocycles. The smallest absolute Gasteiger partial charge is 0.322 e. The summed E-state index contributed by atoms with van der Waals surface area (Å²) in [4.78, 5) is 11.4. The first kappa shape index (κ1) is 14.4. The van der Waals surface area contributed by atoms with Crippen molar-refractivity contribution < 1.29 is 14.6 Å². The van der Waals surface area contributed by atoms with Crippen molar-refractivity contribution in [2.45, 2.75) is 33.2 Å². The van der Waals surface area contributed by atoms with Crippen molar-refractivity contribution in [1.82, 2.24) is 5.32 Å². The molecule has 0 aliphatic heterocycles. The second-order valence-electron chi connectivity index (χ2n) is 4.40. The van der Waals surface area contributed by atoms with Gasteiger partial charge in [0.1, 0.15) is 6.04 Å². The second-order valence-corrected chi connectivity index (χ2v) is 4.40. The molecule has 0 aromatic heterocycles. The number of hydrogen-bond donors (Lipinski definition) is 2. The van der Waals surface area contributed by atoms with Gasteiger partial charge >= 0.3 is 5.97 Å². The van der Waals surface area contributed by atoms with Gasteiger partial charge in [0.25, 0.3) is 0 Å². The second kappa shape index (κ2) is 7.65. The molecule has 0 radical (unpaired) electrons. The fourth-order valence-corrected chi connectivity index (χ4v) is 1.28. The molecular weight excluding hydrogens is 194 g/mol. The Kier molecular flexibility index (Phi) is 7.34. The molecule has 0 aliphatic carbocycles. The molecule has 0 amide bonds. The summed E-state index contributed by atoms with van der Waals surface area (Å²) >= 11 is 0. The number of ether oxygens (including phenoxy) is 1. The zero-order chi connectivity index (χ0) is 11.8. The zero-order valence-electron chi connectivity index (χ0n) is 10.1. The monoisotopic (exact) mass is 217 g/mol. The van der Waals surface area contributed by atoms with Gasteiger partial charge in [-0.05, 0) is 18.3 Å². The van der Waals surface area contributed by atoms with Crippen LogP contribution in [-0.2, 0) is 9.53 Å². The van der Waals surface area contributed by atoms with E-state index in [0.717, 1.165) is 6.42 Å². The van der Waals surface area contributed by atoms with Gasteiger partial charge in [0.05, 0.1) is 7.11 Å². The average Bonchev–Trinajstić information content (AvgIpc) is 2.21. The fourth-order valence-electron chi connectivity index (χ4n) is 1.28. The van der Waals surface area contributed by atoms with Crippen molar-refractivity contribution >= 4 is 5.97 Å². The Morgan fingerprint density at radius 1 is 1.40 bits per heavy atom. The van der Waals surface area contributed by atoms with Gasteiger partial charge in [-0.3, -0.25) is 4.79 Å². The lowest BCUT2D eigenvalue weighted by molar-refractivity contribution is -0.143. The molecule has 0 saturated heterocycles. The highest BCUT2D eigenvalue weighted by Gasteiger charge is 2.20. The largest absolute Gasteiger partial charge is 0.468 e. The van der Waals surface area contributed by atoms with E-state index >= 15 is 0 Å². The summed E-state index contributed by atoms with van der Waals surface area (Å²) in [5.74, 6) is 0.365. The highest BCUT2D eigenvalue weighted by atomic mass is 16.5. The van der Waals surface area contributed by atoms with Crippen LogP contribution in [0.2, 0.25) is 0 Å². The lowest BCUT2D eigenvalue weighted by Gasteiger charge is -2.19. The van der Waals surface area contributed by atoms with E-state index in [-0.39, 0.29) is 24.5 Å². The van der Waals surface area contributed by atoms with Crippen LogP contribution in [0.15, 0.2) is 0 Å². The van der Waals surface area contributed by atoms with Crippen LogP contribution in [0.5, 0.6) is 0 Å². The Morgan fingerprint density at radius 3 is 2.40 bits per heavy atom. The normalized spacial score (nSPS) is 15.1. The van der Waals surface area contributed by atoms with Crippen LogP contribution in [0.25, 0.3) is 0 Å². The molecule has 0 rings (SSSR count). The molecule has 2 atom stereocenters. The lowest BCUT2D eigenvalue weighted by Crippen LogP contribution is -2.41. The van der Waals surface area contributed by atoms with Crippen molar-refractivity contribution in [1.29, 1.82) is 0 Å². The molecule has 0 spiro atoms. The first-order chi connectivity index (χ1) is 7.01. The lowest BCUT2D eigenvalue weighted by atomic mass is 10.0. The Hall–Kier alpha value is -0.610. The van der Waals surface area contributed by atoms with Crippen molar-refractivity contribution in [3.63, 3.8) is 0 Å². The van der Waals surface area contributed by atoms with Gasteiger partial charge in [-0.2, -0.15) is 0 Å². The van der Waals surface area contributed by atoms with E-state index in [1.54, 1.807) is 0 Å². The summed E-state index contributed by atoms with van der Waals surface area (Å²) in [5.41, 5.74) is 0. The van der Waals surface area contributed by atoms with E-state index in [2.05, 4.69) is 19.2 Å². The summed E-state index contributed by atoms with van der Waals surface area (Å²) in [6, 6.07) is -0.260. The van der Waals surface area contributed by atoms with Gasteiger partial charge < -0.3 is 15.2 Å². The van der Waals surface area contributed by atoms with Crippen molar-refractivity contribution in [3.8, 4) is 0 Å². The molecule has 0 fully saturated rings. The number of aliphatic hydroxyl groups is 1. The molecule has 0 heterocycles. The number of hydrogen-bond acceptors (Lipinski definition) is 4. The summed E-state index contributed by atoms with van der Waals surface area (Å²) in [5, 5.41) is 12.0. The SMILES string of the molecule is COC(=O)C(CC(C)C)NCC(C)CO. The van der Waals surface area contributed by atoms with E-state index in [4.69, 9.17) is 9.84 Å². The predicted octanol–water partition coefficient (Wildman–Crippen LogP) is 0.792. The van der Waals surface area contributed by atoms with Gasteiger partial charge in [-0.1, -0.05) is 20.8 Å². The third-order valence-corrected chi connectivity index (χ3v) is 2.22. The van der Waals surface area contributed by atoms with Crippen molar-refractivity contribution in [3.05, 3.63) is 0 Å². The number of methoxy groups -OCH3 is 1. The minimum absolute atomic E-state index is 0.128. The molecule has 4 nitrogen and oxygen atoms in total. The minimum atomic E-state index is -0.260. The molecule has 0 saturated carbocycles. The van der Waals surface area contributed by atoms with Gasteiger partial charge in [-0.25, -0.2) is 0 Å². The Bertz CT molecular complexity index is 183. The Balaban J connectivity index is 4.07. The fraction of sp³-hybridized carbons (Fsp3) is 0.909. The molecular formula is C11H23NO3. The quantitative estimate of drug-likeness (QED) is 0.619. The molecule has 15 heavy (non-hydrogen) atoms. The zero-order valence-corrected chi connectivity index (χ0v) is 10.1. The third kappa shape index (κ3) is 6.47. The third-order valence-electron chi connectivity index (χ3n) is 2.22. The van der Waals surface area contributed by atoms with E-state index in [1.807, 2.05) is 6.92 Å². The van der Waals surface area contributed by atoms with E-state index < -0.39 is 0 Å². The molecule has 2 N–H and O–H groups in total. The minimum Gasteiger partial charge on any atom is -0.468 e. The first-order valence-electron chi connectivity index (χ1n) is 5.43. The maximum absolute atomic E-state index is 11.4. The van der Waals surface area contributed by atoms with Gasteiger partial charge in [0, 0.05) is 13.2 Å². The van der Waals surface area contributed by atoms with Crippen LogP contribution >= 0.6 is 0 Å². The van der Waals surface area contributed by atoms with E-state index in [9.17, 15) is 4.79 Å². The topological polar surface area (TPSA) is 58.6 Å². The van der Waals surface area contributed by atoms with Crippen LogP contribution in [0.1, 0.15) is 27.2 Å². The van der Waals surface area contributed by atoms with Crippen LogP contribution in [0.4, 0.5) is 0 Å². The van der Waals surface area contributed by atoms with Crippen LogP contribution in [0.3, 0.4) is 0 Å². The van der Waals surface area contributed by atoms with E-state index in [0.29, 0.717) is 12.5 Å². The van der Waals surface area contributed by atoms with Crippen LogP contribution in [-0.4, -0.2) is 37.4 Å². The molecule has 0 aliphatic rings. The highest BCUT2D eigenvalue weighted by molar-refractivity contribution is 5.75. The number of esters is 1. The average molecular weight is 217 g/mol. The van der Waals surface area contributed by atoms with E-state index in [1.165, 1.54) is 7.11 Å². The number of rotatable bonds is 7. The molecule has 0 aromatic rings. The van der Waals surface area contributed by atoms with Crippen molar-refractivity contribution in [2.75, 3.05) is 20.3 Å².